The van der Waals surface area contributed by atoms with Gasteiger partial charge >= 0.3 is 0 Å². The SMILES string of the molecule is CCN(CC)C1=NC2C(O)C(O)C(CO)C2O1. The third-order valence-electron chi connectivity index (χ3n) is 3.64. The van der Waals surface area contributed by atoms with E-state index in [-0.39, 0.29) is 6.61 Å². The molecule has 0 bridgehead atoms. The average molecular weight is 244 g/mol. The highest BCUT2D eigenvalue weighted by Gasteiger charge is 2.54. The highest BCUT2D eigenvalue weighted by molar-refractivity contribution is 5.76. The normalized spacial score (nSPS) is 39.8. The van der Waals surface area contributed by atoms with Crippen LogP contribution in [0.25, 0.3) is 0 Å². The van der Waals surface area contributed by atoms with E-state index in [9.17, 15) is 15.3 Å². The van der Waals surface area contributed by atoms with E-state index in [1.165, 1.54) is 0 Å². The van der Waals surface area contributed by atoms with E-state index in [1.807, 2.05) is 18.7 Å². The summed E-state index contributed by atoms with van der Waals surface area (Å²) >= 11 is 0. The molecule has 1 heterocycles. The van der Waals surface area contributed by atoms with Crippen LogP contribution in [0.3, 0.4) is 0 Å². The van der Waals surface area contributed by atoms with E-state index < -0.39 is 30.3 Å². The van der Waals surface area contributed by atoms with Gasteiger partial charge < -0.3 is 25.0 Å². The molecule has 17 heavy (non-hydrogen) atoms. The van der Waals surface area contributed by atoms with E-state index in [0.717, 1.165) is 13.1 Å². The minimum atomic E-state index is -0.961. The molecule has 0 aromatic rings. The molecule has 0 aromatic heterocycles. The summed E-state index contributed by atoms with van der Waals surface area (Å²) in [6.45, 7) is 5.34. The van der Waals surface area contributed by atoms with Gasteiger partial charge in [-0.05, 0) is 13.8 Å². The quantitative estimate of drug-likeness (QED) is 0.580. The second-order valence-electron chi connectivity index (χ2n) is 4.48. The van der Waals surface area contributed by atoms with Crippen molar-refractivity contribution < 1.29 is 20.1 Å². The summed E-state index contributed by atoms with van der Waals surface area (Å²) < 4.78 is 5.67. The first kappa shape index (κ1) is 12.6. The van der Waals surface area contributed by atoms with Crippen molar-refractivity contribution in [3.63, 3.8) is 0 Å². The molecule has 5 atom stereocenters. The van der Waals surface area contributed by atoms with Gasteiger partial charge in [-0.2, -0.15) is 0 Å². The Labute approximate surface area is 101 Å². The van der Waals surface area contributed by atoms with Crippen LogP contribution in [0.4, 0.5) is 0 Å². The van der Waals surface area contributed by atoms with Crippen molar-refractivity contribution >= 4 is 6.02 Å². The number of fused-ring (bicyclic) bond motifs is 1. The van der Waals surface area contributed by atoms with Gasteiger partial charge in [-0.3, -0.25) is 0 Å². The van der Waals surface area contributed by atoms with Crippen molar-refractivity contribution in [1.29, 1.82) is 0 Å². The fraction of sp³-hybridized carbons (Fsp3) is 0.909. The Balaban J connectivity index is 2.15. The molecule has 1 aliphatic heterocycles. The van der Waals surface area contributed by atoms with Gasteiger partial charge in [-0.1, -0.05) is 0 Å². The maximum absolute atomic E-state index is 9.85. The Morgan fingerprint density at radius 3 is 2.41 bits per heavy atom. The molecule has 3 N–H and O–H groups in total. The predicted octanol–water partition coefficient (Wildman–Crippen LogP) is -1.20. The van der Waals surface area contributed by atoms with Crippen LogP contribution in [-0.4, -0.2) is 70.3 Å². The zero-order chi connectivity index (χ0) is 12.6. The molecular weight excluding hydrogens is 224 g/mol. The van der Waals surface area contributed by atoms with E-state index in [1.54, 1.807) is 0 Å². The molecule has 1 saturated carbocycles. The number of hydrogen-bond donors (Lipinski definition) is 3. The first-order valence-corrected chi connectivity index (χ1v) is 6.10. The Morgan fingerprint density at radius 1 is 1.24 bits per heavy atom. The van der Waals surface area contributed by atoms with Crippen molar-refractivity contribution in [2.75, 3.05) is 19.7 Å². The molecule has 0 radical (unpaired) electrons. The van der Waals surface area contributed by atoms with Crippen LogP contribution in [0.5, 0.6) is 0 Å². The summed E-state index contributed by atoms with van der Waals surface area (Å²) in [6.07, 6.45) is -2.33. The van der Waals surface area contributed by atoms with Crippen LogP contribution >= 0.6 is 0 Å². The van der Waals surface area contributed by atoms with E-state index in [2.05, 4.69) is 4.99 Å². The monoisotopic (exact) mass is 244 g/mol. The first-order valence-electron chi connectivity index (χ1n) is 6.10. The molecule has 0 saturated heterocycles. The fourth-order valence-corrected chi connectivity index (χ4v) is 2.55. The largest absolute Gasteiger partial charge is 0.459 e. The molecule has 1 fully saturated rings. The maximum atomic E-state index is 9.85. The van der Waals surface area contributed by atoms with Gasteiger partial charge in [-0.15, -0.1) is 0 Å². The molecule has 98 valence electrons. The molecule has 5 unspecified atom stereocenters. The van der Waals surface area contributed by atoms with E-state index in [0.29, 0.717) is 6.02 Å². The Hall–Kier alpha value is -0.850. The minimum Gasteiger partial charge on any atom is -0.459 e. The summed E-state index contributed by atoms with van der Waals surface area (Å²) in [5.74, 6) is -0.466. The van der Waals surface area contributed by atoms with Crippen molar-refractivity contribution in [2.24, 2.45) is 10.9 Å². The maximum Gasteiger partial charge on any atom is 0.288 e. The molecular formula is C11H20N2O4. The van der Waals surface area contributed by atoms with Crippen LogP contribution < -0.4 is 0 Å². The van der Waals surface area contributed by atoms with Gasteiger partial charge in [0.1, 0.15) is 18.2 Å². The van der Waals surface area contributed by atoms with Gasteiger partial charge in [0, 0.05) is 13.1 Å². The highest BCUT2D eigenvalue weighted by atomic mass is 16.5. The Morgan fingerprint density at radius 2 is 1.88 bits per heavy atom. The summed E-state index contributed by atoms with van der Waals surface area (Å²) in [6, 6.07) is 0.0483. The van der Waals surface area contributed by atoms with Crippen LogP contribution in [0.1, 0.15) is 13.8 Å². The van der Waals surface area contributed by atoms with Crippen LogP contribution in [-0.2, 0) is 4.74 Å². The average Bonchev–Trinajstić information content (AvgIpc) is 2.83. The van der Waals surface area contributed by atoms with Crippen molar-refractivity contribution in [2.45, 2.75) is 38.2 Å². The number of hydrogen-bond acceptors (Lipinski definition) is 6. The third kappa shape index (κ3) is 1.90. The van der Waals surface area contributed by atoms with Gasteiger partial charge in [-0.25, -0.2) is 4.99 Å². The molecule has 0 aromatic carbocycles. The van der Waals surface area contributed by atoms with Crippen LogP contribution in [0.2, 0.25) is 0 Å². The van der Waals surface area contributed by atoms with Gasteiger partial charge in [0.2, 0.25) is 0 Å². The molecule has 0 amide bonds. The lowest BCUT2D eigenvalue weighted by molar-refractivity contribution is -0.00849. The number of amidine groups is 1. The molecule has 2 rings (SSSR count). The molecule has 1 aliphatic carbocycles. The van der Waals surface area contributed by atoms with Gasteiger partial charge in [0.15, 0.2) is 0 Å². The van der Waals surface area contributed by atoms with E-state index in [4.69, 9.17) is 4.74 Å². The van der Waals surface area contributed by atoms with Gasteiger partial charge in [0.05, 0.1) is 18.6 Å². The predicted molar refractivity (Wildman–Crippen MR) is 61.6 cm³/mol. The topological polar surface area (TPSA) is 85.5 Å². The first-order chi connectivity index (χ1) is 8.13. The molecule has 6 heteroatoms. The standard InChI is InChI=1S/C11H20N2O4/c1-3-13(4-2)11-12-7-9(16)8(15)6(5-14)10(7)17-11/h6-10,14-16H,3-5H2,1-2H3. The summed E-state index contributed by atoms with van der Waals surface area (Å²) in [5, 5.41) is 28.8. The highest BCUT2D eigenvalue weighted by Crippen LogP contribution is 2.35. The zero-order valence-electron chi connectivity index (χ0n) is 10.2. The zero-order valence-corrected chi connectivity index (χ0v) is 10.2. The number of aliphatic hydroxyl groups excluding tert-OH is 3. The molecule has 6 nitrogen and oxygen atoms in total. The number of ether oxygens (including phenoxy) is 1. The minimum absolute atomic E-state index is 0.208. The second-order valence-corrected chi connectivity index (χ2v) is 4.48. The van der Waals surface area contributed by atoms with Crippen molar-refractivity contribution in [3.05, 3.63) is 0 Å². The van der Waals surface area contributed by atoms with Crippen molar-refractivity contribution in [3.8, 4) is 0 Å². The molecule has 0 spiro atoms. The smallest absolute Gasteiger partial charge is 0.288 e. The Kier molecular flexibility index (Phi) is 3.56. The van der Waals surface area contributed by atoms with E-state index >= 15 is 0 Å². The number of rotatable bonds is 3. The summed E-state index contributed by atoms with van der Waals surface area (Å²) in [7, 11) is 0. The lowest BCUT2D eigenvalue weighted by atomic mass is 10.1. The van der Waals surface area contributed by atoms with Crippen LogP contribution in [0.15, 0.2) is 4.99 Å². The summed E-state index contributed by atoms with van der Waals surface area (Å²) in [5.41, 5.74) is 0. The van der Waals surface area contributed by atoms with Crippen LogP contribution in [0, 0.1) is 5.92 Å². The molecule has 2 aliphatic rings. The van der Waals surface area contributed by atoms with Crippen molar-refractivity contribution in [1.82, 2.24) is 4.90 Å². The lowest BCUT2D eigenvalue weighted by Gasteiger charge is -2.24. The Bertz CT molecular complexity index is 306. The lowest BCUT2D eigenvalue weighted by Crippen LogP contribution is -2.36. The number of aliphatic imine (C=N–C) groups is 1. The summed E-state index contributed by atoms with van der Waals surface area (Å²) in [4.78, 5) is 6.27. The number of aliphatic hydroxyl groups is 3. The number of nitrogens with zero attached hydrogens (tertiary/aromatic N) is 2. The second kappa shape index (κ2) is 4.80. The third-order valence-corrected chi connectivity index (χ3v) is 3.64. The fourth-order valence-electron chi connectivity index (χ4n) is 2.55. The van der Waals surface area contributed by atoms with Gasteiger partial charge in [0.25, 0.3) is 6.02 Å².